The van der Waals surface area contributed by atoms with E-state index in [0.717, 1.165) is 4.52 Å². The minimum atomic E-state index is -2.78. The predicted molar refractivity (Wildman–Crippen MR) is 109 cm³/mol. The minimum Gasteiger partial charge on any atom is -0.497 e. The van der Waals surface area contributed by atoms with E-state index in [1.165, 1.54) is 12.3 Å². The van der Waals surface area contributed by atoms with Crippen molar-refractivity contribution in [2.45, 2.75) is 19.4 Å². The van der Waals surface area contributed by atoms with Crippen LogP contribution in [0.1, 0.15) is 28.9 Å². The van der Waals surface area contributed by atoms with Crippen LogP contribution < -0.4 is 10.1 Å². The summed E-state index contributed by atoms with van der Waals surface area (Å²) in [5.74, 6) is 0.222. The monoisotopic (exact) mass is 426 g/mol. The Morgan fingerprint density at radius 3 is 2.74 bits per heavy atom. The largest absolute Gasteiger partial charge is 0.497 e. The first kappa shape index (κ1) is 20.5. The third kappa shape index (κ3) is 4.37. The highest BCUT2D eigenvalue weighted by Gasteiger charge is 2.21. The van der Waals surface area contributed by atoms with Crippen LogP contribution in [0.4, 0.5) is 8.78 Å². The molecule has 4 aromatic rings. The molecule has 3 aromatic heterocycles. The molecule has 0 spiro atoms. The number of methoxy groups -OCH3 is 1. The molecule has 0 bridgehead atoms. The second-order valence-corrected chi connectivity index (χ2v) is 6.80. The number of hydrogen-bond donors (Lipinski definition) is 1. The van der Waals surface area contributed by atoms with Crippen LogP contribution in [0.25, 0.3) is 16.9 Å². The number of benzene rings is 1. The number of carbonyl (C=O) groups is 1. The van der Waals surface area contributed by atoms with E-state index in [-0.39, 0.29) is 16.9 Å². The van der Waals surface area contributed by atoms with Gasteiger partial charge in [-0.1, -0.05) is 0 Å². The van der Waals surface area contributed by atoms with Crippen LogP contribution in [0.5, 0.6) is 5.75 Å². The molecule has 0 fully saturated rings. The number of nitrogens with one attached hydrogen (secondary N) is 1. The van der Waals surface area contributed by atoms with Gasteiger partial charge in [0, 0.05) is 31.0 Å². The second-order valence-electron chi connectivity index (χ2n) is 6.80. The maximum Gasteiger partial charge on any atom is 0.280 e. The average molecular weight is 426 g/mol. The molecule has 0 saturated heterocycles. The molecule has 1 amide bonds. The van der Waals surface area contributed by atoms with Crippen LogP contribution in [0.2, 0.25) is 0 Å². The summed E-state index contributed by atoms with van der Waals surface area (Å²) < 4.78 is 35.4. The quantitative estimate of drug-likeness (QED) is 0.437. The van der Waals surface area contributed by atoms with Gasteiger partial charge in [0.15, 0.2) is 5.65 Å². The van der Waals surface area contributed by atoms with Crippen LogP contribution in [-0.2, 0) is 6.54 Å². The van der Waals surface area contributed by atoms with Gasteiger partial charge in [-0.3, -0.25) is 4.79 Å². The highest BCUT2D eigenvalue weighted by Crippen LogP contribution is 2.27. The fourth-order valence-corrected chi connectivity index (χ4v) is 3.19. The zero-order valence-electron chi connectivity index (χ0n) is 16.7. The van der Waals surface area contributed by atoms with E-state index >= 15 is 0 Å². The number of imidazole rings is 1. The van der Waals surface area contributed by atoms with E-state index < -0.39 is 12.3 Å². The van der Waals surface area contributed by atoms with Crippen molar-refractivity contribution in [3.05, 3.63) is 66.5 Å². The first-order valence-corrected chi connectivity index (χ1v) is 9.62. The number of aromatic nitrogens is 5. The van der Waals surface area contributed by atoms with Crippen molar-refractivity contribution < 1.29 is 18.3 Å². The third-order valence-corrected chi connectivity index (χ3v) is 4.79. The number of fused-ring (bicyclic) bond motifs is 1. The van der Waals surface area contributed by atoms with Gasteiger partial charge < -0.3 is 14.6 Å². The Hall–Kier alpha value is -3.82. The molecule has 0 saturated carbocycles. The lowest BCUT2D eigenvalue weighted by molar-refractivity contribution is 0.0954. The van der Waals surface area contributed by atoms with E-state index in [1.807, 2.05) is 10.8 Å². The van der Waals surface area contributed by atoms with Gasteiger partial charge in [-0.05, 0) is 36.8 Å². The lowest BCUT2D eigenvalue weighted by Gasteiger charge is -2.09. The van der Waals surface area contributed by atoms with Gasteiger partial charge in [0.1, 0.15) is 17.0 Å². The molecule has 0 aliphatic carbocycles. The highest BCUT2D eigenvalue weighted by atomic mass is 19.3. The summed E-state index contributed by atoms with van der Waals surface area (Å²) in [4.78, 5) is 21.1. The first-order valence-electron chi connectivity index (χ1n) is 9.62. The highest BCUT2D eigenvalue weighted by molar-refractivity contribution is 5.99. The lowest BCUT2D eigenvalue weighted by atomic mass is 10.1. The van der Waals surface area contributed by atoms with Crippen LogP contribution in [0.3, 0.4) is 0 Å². The number of carbonyl (C=O) groups excluding carboxylic acids is 1. The molecule has 0 radical (unpaired) electrons. The van der Waals surface area contributed by atoms with Gasteiger partial charge in [-0.2, -0.15) is 5.10 Å². The fourth-order valence-electron chi connectivity index (χ4n) is 3.19. The van der Waals surface area contributed by atoms with Crippen molar-refractivity contribution >= 4 is 11.6 Å². The Balaban J connectivity index is 1.59. The normalized spacial score (nSPS) is 11.2. The van der Waals surface area contributed by atoms with E-state index in [9.17, 15) is 13.6 Å². The molecule has 160 valence electrons. The van der Waals surface area contributed by atoms with Crippen LogP contribution in [0, 0.1) is 0 Å². The minimum absolute atomic E-state index is 0.0794. The molecule has 8 nitrogen and oxygen atoms in total. The molecule has 31 heavy (non-hydrogen) atoms. The smallest absolute Gasteiger partial charge is 0.280 e. The van der Waals surface area contributed by atoms with Gasteiger partial charge >= 0.3 is 0 Å². The number of hydrogen-bond acceptors (Lipinski definition) is 5. The van der Waals surface area contributed by atoms with Gasteiger partial charge in [0.25, 0.3) is 12.3 Å². The Labute approximate surface area is 176 Å². The maximum atomic E-state index is 13.7. The Bertz CT molecular complexity index is 1170. The van der Waals surface area contributed by atoms with Crippen LogP contribution in [0.15, 0.2) is 55.2 Å². The number of halogens is 2. The molecular weight excluding hydrogens is 406 g/mol. The molecule has 10 heteroatoms. The van der Waals surface area contributed by atoms with E-state index in [2.05, 4.69) is 20.4 Å². The summed E-state index contributed by atoms with van der Waals surface area (Å²) in [7, 11) is 1.54. The molecule has 1 aromatic carbocycles. The SMILES string of the molecule is COc1ccc(-c2cc(C(F)F)n3ncc(C(=O)NCCCn4ccnc4)c3n2)cc1. The average Bonchev–Trinajstić information content (AvgIpc) is 3.45. The molecule has 0 unspecified atom stereocenters. The zero-order chi connectivity index (χ0) is 21.8. The molecule has 3 heterocycles. The molecule has 4 rings (SSSR count). The summed E-state index contributed by atoms with van der Waals surface area (Å²) >= 11 is 0. The van der Waals surface area contributed by atoms with Crippen molar-refractivity contribution in [2.24, 2.45) is 0 Å². The Kier molecular flexibility index (Phi) is 5.87. The molecule has 0 atom stereocenters. The van der Waals surface area contributed by atoms with Crippen molar-refractivity contribution in [1.29, 1.82) is 0 Å². The Morgan fingerprint density at radius 1 is 1.26 bits per heavy atom. The predicted octanol–water partition coefficient (Wildman–Crippen LogP) is 3.36. The fraction of sp³-hybridized carbons (Fsp3) is 0.238. The van der Waals surface area contributed by atoms with Gasteiger partial charge in [-0.25, -0.2) is 23.3 Å². The van der Waals surface area contributed by atoms with E-state index in [4.69, 9.17) is 4.74 Å². The number of aryl methyl sites for hydroxylation is 1. The molecule has 1 N–H and O–H groups in total. The summed E-state index contributed by atoms with van der Waals surface area (Å²) in [6, 6.07) is 8.15. The van der Waals surface area contributed by atoms with Crippen molar-refractivity contribution in [2.75, 3.05) is 13.7 Å². The number of alkyl halides is 2. The summed E-state index contributed by atoms with van der Waals surface area (Å²) in [5, 5.41) is 6.77. The molecule has 0 aliphatic rings. The number of rotatable bonds is 8. The van der Waals surface area contributed by atoms with Gasteiger partial charge in [0.2, 0.25) is 0 Å². The number of amides is 1. The topological polar surface area (TPSA) is 86.3 Å². The zero-order valence-corrected chi connectivity index (χ0v) is 16.7. The summed E-state index contributed by atoms with van der Waals surface area (Å²) in [6.07, 6.45) is 4.39. The standard InChI is InChI=1S/C21H20F2N6O2/c1-31-15-5-3-14(4-6-15)17-11-18(19(22)23)29-20(27-17)16(12-26-29)21(30)25-7-2-9-28-10-8-24-13-28/h3-6,8,10-13,19H,2,7,9H2,1H3,(H,25,30). The Morgan fingerprint density at radius 2 is 2.06 bits per heavy atom. The molecular formula is C21H20F2N6O2. The number of ether oxygens (including phenoxy) is 1. The van der Waals surface area contributed by atoms with Crippen LogP contribution in [-0.4, -0.2) is 43.7 Å². The first-order chi connectivity index (χ1) is 15.1. The van der Waals surface area contributed by atoms with Gasteiger partial charge in [-0.15, -0.1) is 0 Å². The van der Waals surface area contributed by atoms with E-state index in [0.29, 0.717) is 36.5 Å². The van der Waals surface area contributed by atoms with Crippen molar-refractivity contribution in [3.8, 4) is 17.0 Å². The van der Waals surface area contributed by atoms with Crippen LogP contribution >= 0.6 is 0 Å². The number of nitrogens with zero attached hydrogens (tertiary/aromatic N) is 5. The maximum absolute atomic E-state index is 13.7. The van der Waals surface area contributed by atoms with Crippen molar-refractivity contribution in [3.63, 3.8) is 0 Å². The lowest BCUT2D eigenvalue weighted by Crippen LogP contribution is -2.25. The third-order valence-electron chi connectivity index (χ3n) is 4.79. The summed E-state index contributed by atoms with van der Waals surface area (Å²) in [5.41, 5.74) is 0.823. The van der Waals surface area contributed by atoms with E-state index in [1.54, 1.807) is 43.9 Å². The van der Waals surface area contributed by atoms with Crippen molar-refractivity contribution in [1.82, 2.24) is 29.5 Å². The molecule has 0 aliphatic heterocycles. The van der Waals surface area contributed by atoms with Gasteiger partial charge in [0.05, 0.1) is 25.3 Å². The second kappa shape index (κ2) is 8.90. The summed E-state index contributed by atoms with van der Waals surface area (Å²) in [6.45, 7) is 1.11.